The summed E-state index contributed by atoms with van der Waals surface area (Å²) in [6.07, 6.45) is 29.8. The summed E-state index contributed by atoms with van der Waals surface area (Å²) in [6.45, 7) is 39.6. The molecule has 4 heterocycles. The van der Waals surface area contributed by atoms with Crippen molar-refractivity contribution < 1.29 is 33.4 Å². The maximum atomic E-state index is 14.7. The van der Waals surface area contributed by atoms with E-state index < -0.39 is 12.1 Å². The molecule has 97 heavy (non-hydrogen) atoms. The van der Waals surface area contributed by atoms with E-state index in [1.165, 1.54) is 84.0 Å². The van der Waals surface area contributed by atoms with Crippen molar-refractivity contribution in [3.05, 3.63) is 57.7 Å². The van der Waals surface area contributed by atoms with E-state index in [1.807, 2.05) is 13.1 Å². The quantitative estimate of drug-likeness (QED) is 0.0298. The molecular formula is C81H138N8O7S. The lowest BCUT2D eigenvalue weighted by Crippen LogP contribution is -2.60. The molecule has 1 aliphatic heterocycles. The lowest BCUT2D eigenvalue weighted by atomic mass is 9.81. The number of benzene rings is 1. The first-order valence-electron chi connectivity index (χ1n) is 38.5. The van der Waals surface area contributed by atoms with Crippen LogP contribution in [0.1, 0.15) is 286 Å². The van der Waals surface area contributed by atoms with Crippen LogP contribution in [0.5, 0.6) is 0 Å². The number of pyridine rings is 1. The molecule has 4 aromatic rings. The first-order chi connectivity index (χ1) is 46.6. The molecule has 1 aromatic carbocycles. The Hall–Kier alpha value is -4.87. The molecule has 550 valence electrons. The smallest absolute Gasteiger partial charge is 0.259 e. The number of nitrogens with two attached hydrogens (primary N) is 1. The second kappa shape index (κ2) is 47.3. The second-order valence-corrected chi connectivity index (χ2v) is 29.9. The number of ketones is 1. The summed E-state index contributed by atoms with van der Waals surface area (Å²) in [5, 5.41) is 8.97. The van der Waals surface area contributed by atoms with Crippen LogP contribution in [-0.4, -0.2) is 113 Å². The molecule has 7 atom stereocenters. The average Bonchev–Trinajstić information content (AvgIpc) is 1.59. The summed E-state index contributed by atoms with van der Waals surface area (Å²) in [7, 11) is 3.55. The summed E-state index contributed by atoms with van der Waals surface area (Å²) in [4.78, 5) is 75.3. The van der Waals surface area contributed by atoms with Gasteiger partial charge in [-0.25, -0.2) is 10.4 Å². The zero-order valence-electron chi connectivity index (χ0n) is 64.4. The minimum Gasteiger partial charge on any atom is -0.381 e. The molecule has 0 bridgehead atoms. The molecule has 7 unspecified atom stereocenters. The van der Waals surface area contributed by atoms with Crippen LogP contribution in [0.4, 0.5) is 0 Å². The number of aryl methyl sites for hydroxylation is 2. The third kappa shape index (κ3) is 29.7. The SMILES string of the molecule is C1CC1.CCCC(=O)CCN.CCCC(C)CC.CCCOCC(C)CC.CCCc1cnc(C(C)OC)c(-c2c(CC(C)(C)CC)c3cc(-c4csc(CC(NC(=O)C(C5CCCC5)N(C)C(=O)C(CC)C(C)CC)C(=O)N5CCCCN5)n4)ccc3n2CC)c1.O=CC1CC1. The van der Waals surface area contributed by atoms with Crippen LogP contribution in [-0.2, 0) is 59.3 Å². The van der Waals surface area contributed by atoms with Crippen LogP contribution in [0.25, 0.3) is 33.4 Å². The highest BCUT2D eigenvalue weighted by atomic mass is 32.1. The zero-order valence-corrected chi connectivity index (χ0v) is 65.3. The summed E-state index contributed by atoms with van der Waals surface area (Å²) in [5.41, 5.74) is 17.3. The molecule has 16 heteroatoms. The van der Waals surface area contributed by atoms with Crippen molar-refractivity contribution in [2.75, 3.05) is 47.0 Å². The number of amides is 3. The van der Waals surface area contributed by atoms with Gasteiger partial charge in [-0.1, -0.05) is 180 Å². The molecule has 3 aliphatic carbocycles. The number of nitrogens with one attached hydrogen (secondary N) is 2. The summed E-state index contributed by atoms with van der Waals surface area (Å²) in [5.74, 6) is 2.13. The minimum absolute atomic E-state index is 0.0190. The number of hydrazine groups is 1. The third-order valence-corrected chi connectivity index (χ3v) is 20.7. The predicted molar refractivity (Wildman–Crippen MR) is 407 cm³/mol. The van der Waals surface area contributed by atoms with Gasteiger partial charge in [0.25, 0.3) is 5.91 Å². The third-order valence-electron chi connectivity index (χ3n) is 19.8. The number of likely N-dealkylation sites (N-methyl/N-ethyl adjacent to an activating group) is 1. The summed E-state index contributed by atoms with van der Waals surface area (Å²) < 4.78 is 13.7. The average molecular weight is 1370 g/mol. The number of fused-ring (bicyclic) bond motifs is 1. The molecule has 0 spiro atoms. The Bertz CT molecular complexity index is 2860. The van der Waals surface area contributed by atoms with Crippen molar-refractivity contribution in [3.8, 4) is 22.5 Å². The Morgan fingerprint density at radius 3 is 2.03 bits per heavy atom. The van der Waals surface area contributed by atoms with Gasteiger partial charge in [-0.15, -0.1) is 11.3 Å². The fourth-order valence-electron chi connectivity index (χ4n) is 12.3. The first-order valence-corrected chi connectivity index (χ1v) is 39.4. The number of carbonyl (C=O) groups excluding carboxylic acids is 5. The number of aromatic nitrogens is 3. The van der Waals surface area contributed by atoms with Crippen LogP contribution >= 0.6 is 11.3 Å². The predicted octanol–water partition coefficient (Wildman–Crippen LogP) is 18.5. The van der Waals surface area contributed by atoms with Crippen LogP contribution in [0, 0.1) is 40.9 Å². The second-order valence-electron chi connectivity index (χ2n) is 29.0. The van der Waals surface area contributed by atoms with Gasteiger partial charge in [0.1, 0.15) is 24.2 Å². The lowest BCUT2D eigenvalue weighted by Gasteiger charge is -2.37. The van der Waals surface area contributed by atoms with Crippen molar-refractivity contribution in [2.24, 2.45) is 46.7 Å². The highest BCUT2D eigenvalue weighted by Crippen LogP contribution is 2.43. The Morgan fingerprint density at radius 2 is 1.53 bits per heavy atom. The number of carbonyl (C=O) groups is 5. The topological polar surface area (TPSA) is 191 Å². The van der Waals surface area contributed by atoms with Gasteiger partial charge < -0.3 is 34.8 Å². The number of methoxy groups -OCH3 is 1. The van der Waals surface area contributed by atoms with Crippen molar-refractivity contribution in [3.63, 3.8) is 0 Å². The van der Waals surface area contributed by atoms with Gasteiger partial charge >= 0.3 is 0 Å². The largest absolute Gasteiger partial charge is 0.381 e. The Morgan fingerprint density at radius 1 is 0.835 bits per heavy atom. The van der Waals surface area contributed by atoms with Gasteiger partial charge in [-0.3, -0.25) is 29.2 Å². The molecule has 15 nitrogen and oxygen atoms in total. The van der Waals surface area contributed by atoms with Crippen molar-refractivity contribution in [2.45, 2.75) is 302 Å². The van der Waals surface area contributed by atoms with E-state index >= 15 is 0 Å². The number of nitrogens with zero attached hydrogens (tertiary/aromatic N) is 5. The lowest BCUT2D eigenvalue weighted by molar-refractivity contribution is -0.147. The Balaban J connectivity index is 0.000000621. The first kappa shape index (κ1) is 86.4. The van der Waals surface area contributed by atoms with Crippen molar-refractivity contribution >= 4 is 52.0 Å². The molecule has 4 aliphatic rings. The van der Waals surface area contributed by atoms with Crippen LogP contribution in [0.2, 0.25) is 0 Å². The van der Waals surface area contributed by atoms with Gasteiger partial charge in [-0.2, -0.15) is 0 Å². The van der Waals surface area contributed by atoms with Crippen LogP contribution in [0.3, 0.4) is 0 Å². The number of aldehydes is 1. The van der Waals surface area contributed by atoms with Gasteiger partial charge in [-0.05, 0) is 149 Å². The van der Waals surface area contributed by atoms with E-state index in [-0.39, 0.29) is 59.2 Å². The molecule has 3 aromatic heterocycles. The number of hydrogen-bond acceptors (Lipinski definition) is 12. The van der Waals surface area contributed by atoms with E-state index in [9.17, 15) is 24.0 Å². The number of ether oxygens (including phenoxy) is 2. The molecule has 0 radical (unpaired) electrons. The number of Topliss-reactive ketones (excluding diaryl/α,β-unsaturated/α-hetero) is 1. The zero-order chi connectivity index (χ0) is 72.0. The Labute approximate surface area is 593 Å². The van der Waals surface area contributed by atoms with Gasteiger partial charge in [0, 0.05) is 112 Å². The van der Waals surface area contributed by atoms with Crippen molar-refractivity contribution in [1.29, 1.82) is 0 Å². The normalized spacial score (nSPS) is 16.5. The molecule has 1 saturated heterocycles. The number of rotatable bonds is 34. The fourth-order valence-corrected chi connectivity index (χ4v) is 13.2. The van der Waals surface area contributed by atoms with Crippen LogP contribution < -0.4 is 16.5 Å². The van der Waals surface area contributed by atoms with E-state index in [2.05, 4.69) is 149 Å². The van der Waals surface area contributed by atoms with E-state index in [0.29, 0.717) is 38.4 Å². The van der Waals surface area contributed by atoms with Gasteiger partial charge in [0.15, 0.2) is 0 Å². The molecule has 4 N–H and O–H groups in total. The van der Waals surface area contributed by atoms with Gasteiger partial charge in [0.05, 0.1) is 28.2 Å². The van der Waals surface area contributed by atoms with E-state index in [0.717, 1.165) is 168 Å². The van der Waals surface area contributed by atoms with Gasteiger partial charge in [0.2, 0.25) is 11.8 Å². The molecule has 4 fully saturated rings. The fraction of sp³-hybridized carbons (Fsp3) is 0.741. The summed E-state index contributed by atoms with van der Waals surface area (Å²) in [6, 6.07) is 7.56. The molecule has 8 rings (SSSR count). The van der Waals surface area contributed by atoms with E-state index in [1.54, 1.807) is 24.1 Å². The maximum Gasteiger partial charge on any atom is 0.259 e. The Kier molecular flexibility index (Phi) is 42.1. The number of thiazole rings is 1. The molecule has 3 amide bonds. The number of hydrogen-bond donors (Lipinski definition) is 3. The van der Waals surface area contributed by atoms with E-state index in [4.69, 9.17) is 25.2 Å². The molecular weight excluding hydrogens is 1230 g/mol. The standard InChI is InChI=1S/C53H79N7O4S.C8H18O.C7H16.C6H13NO.C4H6O.C3H6/c1-12-21-36-28-41(47(54-32-36)35(7)64-11)49-42(31-53(8,9)15-4)40-29-38(24-25-45(40)59(49)16-5)44-33-65-46(56-44)30-43(52(63)60-27-20-19-26-55-60)57-50(61)48(37-22-17-18-23-37)58(10)51(62)39(14-3)34(6)13-2;1-4-6-9-7-8(3)5-2;1-4-6-7(3)5-2;1-2-3-6(8)4-5-7;5-3-4-1-2-4;1-2-3-1/h24-25,28-29,32-35,37,39,43,48,55H,12-23,26-27,30-31H2,1-11H3,(H,57,61);8H,4-7H2,1-3H3;7H,4-6H2,1-3H3;2-5,7H2,1H3;3-4H,1-2H2;1-3H2. The summed E-state index contributed by atoms with van der Waals surface area (Å²) >= 11 is 1.52. The minimum atomic E-state index is -0.844. The highest BCUT2D eigenvalue weighted by molar-refractivity contribution is 7.10. The monoisotopic (exact) mass is 1370 g/mol. The van der Waals surface area contributed by atoms with Crippen LogP contribution in [0.15, 0.2) is 35.8 Å². The highest BCUT2D eigenvalue weighted by Gasteiger charge is 2.41. The molecule has 3 saturated carbocycles. The van der Waals surface area contributed by atoms with Crippen molar-refractivity contribution in [1.82, 2.24) is 35.2 Å². The maximum absolute atomic E-state index is 14.7.